The summed E-state index contributed by atoms with van der Waals surface area (Å²) in [4.78, 5) is 21.7. The zero-order chi connectivity index (χ0) is 8.97. The van der Waals surface area contributed by atoms with Gasteiger partial charge in [0, 0.05) is 10.4 Å². The quantitative estimate of drug-likeness (QED) is 0.412. The molecule has 0 aliphatic rings. The number of amides is 1. The van der Waals surface area contributed by atoms with E-state index in [1.54, 1.807) is 11.4 Å². The van der Waals surface area contributed by atoms with Crippen molar-refractivity contribution in [2.24, 2.45) is 0 Å². The molecule has 0 saturated heterocycles. The van der Waals surface area contributed by atoms with Crippen molar-refractivity contribution in [3.05, 3.63) is 21.9 Å². The van der Waals surface area contributed by atoms with Crippen molar-refractivity contribution >= 4 is 23.5 Å². The third kappa shape index (κ3) is 1.90. The van der Waals surface area contributed by atoms with E-state index in [0.717, 1.165) is 0 Å². The van der Waals surface area contributed by atoms with Crippen LogP contribution in [0, 0.1) is 0 Å². The van der Waals surface area contributed by atoms with Crippen LogP contribution in [0.5, 0.6) is 0 Å². The van der Waals surface area contributed by atoms with Crippen molar-refractivity contribution in [2.75, 3.05) is 0 Å². The fraction of sp³-hybridized carbons (Fsp3) is 0.143. The van der Waals surface area contributed by atoms with Gasteiger partial charge in [0.2, 0.25) is 5.91 Å². The van der Waals surface area contributed by atoms with E-state index in [1.807, 2.05) is 0 Å². The number of nitrogens with one attached hydrogen (secondary N) is 1. The number of rotatable bonds is 3. The molecular weight excluding hydrogens is 178 g/mol. The Bertz CT molecular complexity index is 295. The first-order chi connectivity index (χ1) is 5.77. The second-order valence-electron chi connectivity index (χ2n) is 2.13. The molecule has 0 aliphatic carbocycles. The molecule has 0 aliphatic heterocycles. The zero-order valence-electron chi connectivity index (χ0n) is 6.11. The molecule has 4 nitrogen and oxygen atoms in total. The molecule has 2 N–H and O–H groups in total. The lowest BCUT2D eigenvalue weighted by molar-refractivity contribution is -0.128. The summed E-state index contributed by atoms with van der Waals surface area (Å²) in [5.41, 5.74) is 2.01. The highest BCUT2D eigenvalue weighted by atomic mass is 32.1. The predicted molar refractivity (Wildman–Crippen MR) is 43.3 cm³/mol. The molecule has 0 aromatic carbocycles. The number of hydrogen-bond donors (Lipinski definition) is 2. The molecule has 0 saturated carbocycles. The Morgan fingerprint density at radius 1 is 1.75 bits per heavy atom. The van der Waals surface area contributed by atoms with Gasteiger partial charge in [0.05, 0.1) is 6.42 Å². The molecule has 0 radical (unpaired) electrons. The van der Waals surface area contributed by atoms with Gasteiger partial charge in [0.25, 0.3) is 0 Å². The molecule has 1 aromatic heterocycles. The van der Waals surface area contributed by atoms with Crippen LogP contribution in [0.3, 0.4) is 0 Å². The number of thiophene rings is 1. The van der Waals surface area contributed by atoms with E-state index < -0.39 is 5.91 Å². The molecule has 0 unspecified atom stereocenters. The largest absolute Gasteiger partial charge is 0.298 e. The van der Waals surface area contributed by atoms with Crippen LogP contribution in [0.4, 0.5) is 0 Å². The van der Waals surface area contributed by atoms with Crippen LogP contribution in [0.2, 0.25) is 0 Å². The Labute approximate surface area is 72.8 Å². The minimum absolute atomic E-state index is 0.0439. The number of hydrogen-bond acceptors (Lipinski definition) is 4. The summed E-state index contributed by atoms with van der Waals surface area (Å²) in [6.07, 6.45) is 0.735. The van der Waals surface area contributed by atoms with Gasteiger partial charge >= 0.3 is 0 Å². The molecule has 0 spiro atoms. The predicted octanol–water partition coefficient (Wildman–Crippen LogP) is 0.609. The van der Waals surface area contributed by atoms with Gasteiger partial charge in [-0.1, -0.05) is 0 Å². The summed E-state index contributed by atoms with van der Waals surface area (Å²) in [6, 6.07) is 1.64. The van der Waals surface area contributed by atoms with Crippen molar-refractivity contribution in [1.29, 1.82) is 0 Å². The highest BCUT2D eigenvalue weighted by Crippen LogP contribution is 2.15. The molecule has 1 amide bonds. The molecule has 0 atom stereocenters. The molecule has 1 heterocycles. The standard InChI is InChI=1S/C7H7NO3S/c9-4-5-1-2-12-6(5)3-7(10)8-11/h1-2,4,11H,3H2,(H,8,10). The first-order valence-corrected chi connectivity index (χ1v) is 4.10. The van der Waals surface area contributed by atoms with Crippen molar-refractivity contribution < 1.29 is 14.8 Å². The monoisotopic (exact) mass is 185 g/mol. The maximum absolute atomic E-state index is 10.7. The SMILES string of the molecule is O=Cc1ccsc1CC(=O)NO. The Kier molecular flexibility index (Phi) is 2.95. The molecule has 0 fully saturated rings. The Hall–Kier alpha value is -1.20. The molecule has 5 heteroatoms. The van der Waals surface area contributed by atoms with Gasteiger partial charge in [-0.2, -0.15) is 0 Å². The van der Waals surface area contributed by atoms with Crippen LogP contribution in [0.1, 0.15) is 15.2 Å². The second-order valence-corrected chi connectivity index (χ2v) is 3.13. The van der Waals surface area contributed by atoms with Gasteiger partial charge in [-0.25, -0.2) is 5.48 Å². The number of hydroxylamine groups is 1. The van der Waals surface area contributed by atoms with Gasteiger partial charge in [0.1, 0.15) is 0 Å². The number of aldehydes is 1. The van der Waals surface area contributed by atoms with Gasteiger partial charge in [-0.3, -0.25) is 14.8 Å². The highest BCUT2D eigenvalue weighted by Gasteiger charge is 2.07. The van der Waals surface area contributed by atoms with E-state index in [4.69, 9.17) is 5.21 Å². The van der Waals surface area contributed by atoms with Crippen molar-refractivity contribution in [3.63, 3.8) is 0 Å². The van der Waals surface area contributed by atoms with Gasteiger partial charge in [0.15, 0.2) is 6.29 Å². The van der Waals surface area contributed by atoms with Gasteiger partial charge < -0.3 is 0 Å². The Morgan fingerprint density at radius 3 is 3.08 bits per heavy atom. The minimum Gasteiger partial charge on any atom is -0.298 e. The first-order valence-electron chi connectivity index (χ1n) is 3.22. The third-order valence-corrected chi connectivity index (χ3v) is 2.29. The molecule has 0 bridgehead atoms. The molecule has 12 heavy (non-hydrogen) atoms. The summed E-state index contributed by atoms with van der Waals surface area (Å²) in [6.45, 7) is 0. The fourth-order valence-electron chi connectivity index (χ4n) is 0.785. The smallest absolute Gasteiger partial charge is 0.248 e. The van der Waals surface area contributed by atoms with Crippen LogP contribution in [-0.4, -0.2) is 17.4 Å². The third-order valence-electron chi connectivity index (χ3n) is 1.35. The topological polar surface area (TPSA) is 66.4 Å². The van der Waals surface area contributed by atoms with Gasteiger partial charge in [-0.15, -0.1) is 11.3 Å². The van der Waals surface area contributed by atoms with Crippen molar-refractivity contribution in [2.45, 2.75) is 6.42 Å². The lowest BCUT2D eigenvalue weighted by atomic mass is 10.2. The fourth-order valence-corrected chi connectivity index (χ4v) is 1.63. The molecule has 1 rings (SSSR count). The summed E-state index contributed by atoms with van der Waals surface area (Å²) in [7, 11) is 0. The average molecular weight is 185 g/mol. The normalized spacial score (nSPS) is 9.42. The van der Waals surface area contributed by atoms with Crippen molar-refractivity contribution in [1.82, 2.24) is 5.48 Å². The first kappa shape index (κ1) is 8.89. The second kappa shape index (κ2) is 3.99. The summed E-state index contributed by atoms with van der Waals surface area (Å²) >= 11 is 1.31. The number of carbonyl (C=O) groups excluding carboxylic acids is 2. The maximum Gasteiger partial charge on any atom is 0.248 e. The Balaban J connectivity index is 2.74. The minimum atomic E-state index is -0.513. The van der Waals surface area contributed by atoms with Crippen LogP contribution >= 0.6 is 11.3 Å². The summed E-state index contributed by atoms with van der Waals surface area (Å²) in [5, 5.41) is 9.94. The highest BCUT2D eigenvalue weighted by molar-refractivity contribution is 7.10. The van der Waals surface area contributed by atoms with E-state index in [2.05, 4.69) is 0 Å². The lowest BCUT2D eigenvalue weighted by Crippen LogP contribution is -2.20. The summed E-state index contributed by atoms with van der Waals surface area (Å²) < 4.78 is 0. The number of carbonyl (C=O) groups is 2. The average Bonchev–Trinajstić information content (AvgIpc) is 2.51. The van der Waals surface area contributed by atoms with E-state index in [-0.39, 0.29) is 6.42 Å². The maximum atomic E-state index is 10.7. The van der Waals surface area contributed by atoms with Gasteiger partial charge in [-0.05, 0) is 11.4 Å². The van der Waals surface area contributed by atoms with Crippen LogP contribution in [-0.2, 0) is 11.2 Å². The van der Waals surface area contributed by atoms with Crippen LogP contribution < -0.4 is 5.48 Å². The van der Waals surface area contributed by atoms with Crippen LogP contribution in [0.25, 0.3) is 0 Å². The molecule has 1 aromatic rings. The van der Waals surface area contributed by atoms with E-state index in [9.17, 15) is 9.59 Å². The Morgan fingerprint density at radius 2 is 2.50 bits per heavy atom. The lowest BCUT2D eigenvalue weighted by Gasteiger charge is -1.95. The molecular formula is C7H7NO3S. The van der Waals surface area contributed by atoms with Crippen molar-refractivity contribution in [3.8, 4) is 0 Å². The van der Waals surface area contributed by atoms with Crippen LogP contribution in [0.15, 0.2) is 11.4 Å². The van der Waals surface area contributed by atoms with E-state index in [1.165, 1.54) is 16.8 Å². The zero-order valence-corrected chi connectivity index (χ0v) is 6.93. The summed E-state index contributed by atoms with van der Waals surface area (Å²) in [5.74, 6) is -0.513. The van der Waals surface area contributed by atoms with E-state index >= 15 is 0 Å². The van der Waals surface area contributed by atoms with E-state index in [0.29, 0.717) is 16.7 Å². The molecule has 64 valence electrons.